The summed E-state index contributed by atoms with van der Waals surface area (Å²) < 4.78 is 0. The number of nitrogens with zero attached hydrogens (tertiary/aromatic N) is 3. The van der Waals surface area contributed by atoms with E-state index >= 15 is 0 Å². The van der Waals surface area contributed by atoms with Crippen LogP contribution in [-0.2, 0) is 4.79 Å². The first-order chi connectivity index (χ1) is 7.15. The highest BCUT2D eigenvalue weighted by Gasteiger charge is 2.28. The molecule has 1 saturated carbocycles. The van der Waals surface area contributed by atoms with Crippen molar-refractivity contribution in [1.29, 1.82) is 5.26 Å². The highest BCUT2D eigenvalue weighted by molar-refractivity contribution is 5.75. The third kappa shape index (κ3) is 4.30. The molecule has 0 unspecified atom stereocenters. The second-order valence-corrected chi connectivity index (χ2v) is 4.21. The number of rotatable bonds is 6. The summed E-state index contributed by atoms with van der Waals surface area (Å²) in [6, 6.07) is 2.79. The normalized spacial score (nSPS) is 15.1. The SMILES string of the molecule is CN(C)C(=O)CCN(CCC#N)C1CC1. The molecule has 0 aromatic carbocycles. The molecule has 1 rings (SSSR count). The van der Waals surface area contributed by atoms with E-state index in [0.717, 1.165) is 13.1 Å². The van der Waals surface area contributed by atoms with Crippen LogP contribution in [0.4, 0.5) is 0 Å². The fraction of sp³-hybridized carbons (Fsp3) is 0.818. The number of hydrogen-bond acceptors (Lipinski definition) is 3. The Morgan fingerprint density at radius 3 is 2.53 bits per heavy atom. The van der Waals surface area contributed by atoms with Crippen LogP contribution in [0.3, 0.4) is 0 Å². The molecular formula is C11H19N3O. The van der Waals surface area contributed by atoms with E-state index in [4.69, 9.17) is 5.26 Å². The Morgan fingerprint density at radius 1 is 1.40 bits per heavy atom. The minimum atomic E-state index is 0.164. The summed E-state index contributed by atoms with van der Waals surface area (Å²) in [6.45, 7) is 1.60. The predicted octanol–water partition coefficient (Wildman–Crippen LogP) is 0.843. The standard InChI is InChI=1S/C11H19N3O/c1-13(2)11(15)6-9-14(8-3-7-12)10-4-5-10/h10H,3-6,8-9H2,1-2H3. The first kappa shape index (κ1) is 12.0. The van der Waals surface area contributed by atoms with Crippen LogP contribution >= 0.6 is 0 Å². The van der Waals surface area contributed by atoms with Gasteiger partial charge in [0.1, 0.15) is 0 Å². The van der Waals surface area contributed by atoms with Gasteiger partial charge in [-0.1, -0.05) is 0 Å². The van der Waals surface area contributed by atoms with Crippen molar-refractivity contribution in [3.8, 4) is 6.07 Å². The topological polar surface area (TPSA) is 47.3 Å². The van der Waals surface area contributed by atoms with Crippen molar-refractivity contribution < 1.29 is 4.79 Å². The summed E-state index contributed by atoms with van der Waals surface area (Å²) in [4.78, 5) is 15.3. The summed E-state index contributed by atoms with van der Waals surface area (Å²) in [7, 11) is 3.55. The molecule has 0 N–H and O–H groups in total. The zero-order valence-electron chi connectivity index (χ0n) is 9.57. The Kier molecular flexibility index (Phi) is 4.57. The van der Waals surface area contributed by atoms with Gasteiger partial charge >= 0.3 is 0 Å². The lowest BCUT2D eigenvalue weighted by atomic mass is 10.3. The van der Waals surface area contributed by atoms with Gasteiger partial charge in [0.2, 0.25) is 5.91 Å². The molecule has 1 aliphatic carbocycles. The summed E-state index contributed by atoms with van der Waals surface area (Å²) in [5, 5.41) is 8.53. The number of amides is 1. The second-order valence-electron chi connectivity index (χ2n) is 4.21. The number of nitriles is 1. The molecule has 1 fully saturated rings. The van der Waals surface area contributed by atoms with E-state index in [0.29, 0.717) is 18.9 Å². The molecule has 84 valence electrons. The summed E-state index contributed by atoms with van der Waals surface area (Å²) >= 11 is 0. The molecule has 4 nitrogen and oxygen atoms in total. The van der Waals surface area contributed by atoms with E-state index in [2.05, 4.69) is 11.0 Å². The van der Waals surface area contributed by atoms with Crippen LogP contribution in [-0.4, -0.2) is 48.9 Å². The lowest BCUT2D eigenvalue weighted by Crippen LogP contribution is -2.32. The fourth-order valence-corrected chi connectivity index (χ4v) is 1.57. The largest absolute Gasteiger partial charge is 0.349 e. The molecule has 0 aromatic heterocycles. The Balaban J connectivity index is 2.26. The molecule has 1 aliphatic rings. The Hall–Kier alpha value is -1.08. The van der Waals surface area contributed by atoms with Crippen molar-refractivity contribution in [3.05, 3.63) is 0 Å². The van der Waals surface area contributed by atoms with Crippen LogP contribution in [0.15, 0.2) is 0 Å². The molecule has 0 radical (unpaired) electrons. The van der Waals surface area contributed by atoms with Gasteiger partial charge < -0.3 is 4.90 Å². The average molecular weight is 209 g/mol. The van der Waals surface area contributed by atoms with Crippen molar-refractivity contribution in [2.45, 2.75) is 31.7 Å². The van der Waals surface area contributed by atoms with E-state index in [1.807, 2.05) is 0 Å². The Morgan fingerprint density at radius 2 is 2.07 bits per heavy atom. The summed E-state index contributed by atoms with van der Waals surface area (Å²) in [5.74, 6) is 0.164. The van der Waals surface area contributed by atoms with Crippen LogP contribution in [0.25, 0.3) is 0 Å². The second kappa shape index (κ2) is 5.72. The van der Waals surface area contributed by atoms with Crippen molar-refractivity contribution in [2.24, 2.45) is 0 Å². The molecular weight excluding hydrogens is 190 g/mol. The van der Waals surface area contributed by atoms with Gasteiger partial charge in [0.15, 0.2) is 0 Å². The third-order valence-electron chi connectivity index (χ3n) is 2.69. The molecule has 4 heteroatoms. The van der Waals surface area contributed by atoms with Gasteiger partial charge in [0.25, 0.3) is 0 Å². The maximum Gasteiger partial charge on any atom is 0.223 e. The summed E-state index contributed by atoms with van der Waals surface area (Å²) in [5.41, 5.74) is 0. The van der Waals surface area contributed by atoms with Gasteiger partial charge in [-0.2, -0.15) is 5.26 Å². The number of carbonyl (C=O) groups is 1. The van der Waals surface area contributed by atoms with E-state index < -0.39 is 0 Å². The first-order valence-corrected chi connectivity index (χ1v) is 5.46. The Labute approximate surface area is 91.5 Å². The van der Waals surface area contributed by atoms with Gasteiger partial charge in [-0.25, -0.2) is 0 Å². The Bertz CT molecular complexity index is 253. The average Bonchev–Trinajstić information content (AvgIpc) is 3.01. The van der Waals surface area contributed by atoms with Crippen molar-refractivity contribution in [1.82, 2.24) is 9.80 Å². The van der Waals surface area contributed by atoms with Crippen LogP contribution in [0, 0.1) is 11.3 Å². The van der Waals surface area contributed by atoms with Gasteiger partial charge in [0, 0.05) is 46.1 Å². The van der Waals surface area contributed by atoms with Crippen molar-refractivity contribution >= 4 is 5.91 Å². The molecule has 0 heterocycles. The quantitative estimate of drug-likeness (QED) is 0.651. The molecule has 0 spiro atoms. The molecule has 0 aliphatic heterocycles. The maximum atomic E-state index is 11.4. The molecule has 0 aromatic rings. The smallest absolute Gasteiger partial charge is 0.223 e. The fourth-order valence-electron chi connectivity index (χ4n) is 1.57. The van der Waals surface area contributed by atoms with E-state index in [9.17, 15) is 4.79 Å². The highest BCUT2D eigenvalue weighted by atomic mass is 16.2. The maximum absolute atomic E-state index is 11.4. The van der Waals surface area contributed by atoms with Crippen LogP contribution in [0.2, 0.25) is 0 Å². The molecule has 0 bridgehead atoms. The predicted molar refractivity (Wildman–Crippen MR) is 58.1 cm³/mol. The lowest BCUT2D eigenvalue weighted by molar-refractivity contribution is -0.129. The number of hydrogen-bond donors (Lipinski definition) is 0. The highest BCUT2D eigenvalue weighted by Crippen LogP contribution is 2.26. The third-order valence-corrected chi connectivity index (χ3v) is 2.69. The molecule has 0 atom stereocenters. The van der Waals surface area contributed by atoms with Gasteiger partial charge in [0.05, 0.1) is 6.07 Å². The van der Waals surface area contributed by atoms with Crippen LogP contribution in [0.5, 0.6) is 0 Å². The monoisotopic (exact) mass is 209 g/mol. The first-order valence-electron chi connectivity index (χ1n) is 5.46. The zero-order chi connectivity index (χ0) is 11.3. The minimum Gasteiger partial charge on any atom is -0.349 e. The van der Waals surface area contributed by atoms with Gasteiger partial charge in [-0.15, -0.1) is 0 Å². The van der Waals surface area contributed by atoms with Crippen LogP contribution in [0.1, 0.15) is 25.7 Å². The van der Waals surface area contributed by atoms with E-state index in [1.165, 1.54) is 12.8 Å². The van der Waals surface area contributed by atoms with Crippen LogP contribution < -0.4 is 0 Å². The van der Waals surface area contributed by atoms with Gasteiger partial charge in [-0.3, -0.25) is 9.69 Å². The number of carbonyl (C=O) groups excluding carboxylic acids is 1. The lowest BCUT2D eigenvalue weighted by Gasteiger charge is -2.21. The molecule has 0 saturated heterocycles. The van der Waals surface area contributed by atoms with E-state index in [1.54, 1.807) is 19.0 Å². The minimum absolute atomic E-state index is 0.164. The molecule has 1 amide bonds. The molecule has 15 heavy (non-hydrogen) atoms. The van der Waals surface area contributed by atoms with Crippen molar-refractivity contribution in [2.75, 3.05) is 27.2 Å². The van der Waals surface area contributed by atoms with Crippen molar-refractivity contribution in [3.63, 3.8) is 0 Å². The van der Waals surface area contributed by atoms with Gasteiger partial charge in [-0.05, 0) is 12.8 Å². The summed E-state index contributed by atoms with van der Waals surface area (Å²) in [6.07, 6.45) is 3.57. The zero-order valence-corrected chi connectivity index (χ0v) is 9.57. The van der Waals surface area contributed by atoms with E-state index in [-0.39, 0.29) is 5.91 Å².